The summed E-state index contributed by atoms with van der Waals surface area (Å²) in [6, 6.07) is 5.78. The van der Waals surface area contributed by atoms with E-state index < -0.39 is 10.8 Å². The highest BCUT2D eigenvalue weighted by molar-refractivity contribution is 6.33. The van der Waals surface area contributed by atoms with Gasteiger partial charge in [-0.1, -0.05) is 11.6 Å². The van der Waals surface area contributed by atoms with E-state index >= 15 is 0 Å². The van der Waals surface area contributed by atoms with Gasteiger partial charge in [0, 0.05) is 30.9 Å². The van der Waals surface area contributed by atoms with Gasteiger partial charge in [-0.25, -0.2) is 0 Å². The van der Waals surface area contributed by atoms with Crippen LogP contribution in [0.4, 0.5) is 5.69 Å². The monoisotopic (exact) mass is 336 g/mol. The Hall–Kier alpha value is -2.41. The Labute approximate surface area is 138 Å². The van der Waals surface area contributed by atoms with E-state index in [2.05, 4.69) is 10.4 Å². The van der Waals surface area contributed by atoms with Crippen molar-refractivity contribution in [3.05, 3.63) is 56.4 Å². The summed E-state index contributed by atoms with van der Waals surface area (Å²) in [5.74, 6) is -0.424. The molecule has 1 amide bonds. The van der Waals surface area contributed by atoms with Gasteiger partial charge >= 0.3 is 0 Å². The lowest BCUT2D eigenvalue weighted by Gasteiger charge is -2.08. The number of rotatable bonds is 6. The smallest absolute Gasteiger partial charge is 0.270 e. The molecule has 122 valence electrons. The van der Waals surface area contributed by atoms with Crippen molar-refractivity contribution in [2.24, 2.45) is 0 Å². The molecule has 1 aromatic heterocycles. The summed E-state index contributed by atoms with van der Waals surface area (Å²) in [5, 5.41) is 18.0. The zero-order chi connectivity index (χ0) is 17.0. The molecule has 1 N–H and O–H groups in total. The predicted molar refractivity (Wildman–Crippen MR) is 86.8 cm³/mol. The lowest BCUT2D eigenvalue weighted by molar-refractivity contribution is -0.384. The standard InChI is InChI=1S/C15H17ClN4O3/c1-10-8-11(2)19(18-10)7-3-6-17-15(21)13-9-12(20(22)23)4-5-14(13)16/h4-5,8-9H,3,6-7H2,1-2H3,(H,17,21). The first kappa shape index (κ1) is 17.0. The number of nitrogens with zero attached hydrogens (tertiary/aromatic N) is 3. The van der Waals surface area contributed by atoms with Gasteiger partial charge in [0.15, 0.2) is 0 Å². The number of aromatic nitrogens is 2. The fraction of sp³-hybridized carbons (Fsp3) is 0.333. The van der Waals surface area contributed by atoms with Crippen LogP contribution in [0.1, 0.15) is 28.2 Å². The molecular formula is C15H17ClN4O3. The van der Waals surface area contributed by atoms with Crippen LogP contribution in [0.25, 0.3) is 0 Å². The SMILES string of the molecule is Cc1cc(C)n(CCCNC(=O)c2cc([N+](=O)[O-])ccc2Cl)n1. The normalized spacial score (nSPS) is 10.6. The molecule has 0 aliphatic heterocycles. The molecule has 1 aromatic carbocycles. The predicted octanol–water partition coefficient (Wildman–Crippen LogP) is 2.88. The summed E-state index contributed by atoms with van der Waals surface area (Å²) in [5.41, 5.74) is 1.96. The third-order valence-corrected chi connectivity index (χ3v) is 3.67. The van der Waals surface area contributed by atoms with Gasteiger partial charge in [-0.2, -0.15) is 5.10 Å². The van der Waals surface area contributed by atoms with Crippen LogP contribution in [0.5, 0.6) is 0 Å². The van der Waals surface area contributed by atoms with E-state index in [0.29, 0.717) is 19.5 Å². The van der Waals surface area contributed by atoms with Crippen molar-refractivity contribution in [1.82, 2.24) is 15.1 Å². The number of non-ortho nitro benzene ring substituents is 1. The van der Waals surface area contributed by atoms with Crippen LogP contribution in [0.3, 0.4) is 0 Å². The van der Waals surface area contributed by atoms with Crippen LogP contribution >= 0.6 is 11.6 Å². The van der Waals surface area contributed by atoms with Gasteiger partial charge in [-0.3, -0.25) is 19.6 Å². The average molecular weight is 337 g/mol. The summed E-state index contributed by atoms with van der Waals surface area (Å²) in [6.45, 7) is 5.01. The number of carbonyl (C=O) groups excluding carboxylic acids is 1. The third kappa shape index (κ3) is 4.29. The largest absolute Gasteiger partial charge is 0.352 e. The molecule has 0 fully saturated rings. The Kier molecular flexibility index (Phi) is 5.33. The highest BCUT2D eigenvalue weighted by Crippen LogP contribution is 2.21. The van der Waals surface area contributed by atoms with E-state index in [4.69, 9.17) is 11.6 Å². The maximum absolute atomic E-state index is 12.1. The molecule has 0 unspecified atom stereocenters. The van der Waals surface area contributed by atoms with Crippen molar-refractivity contribution in [2.45, 2.75) is 26.8 Å². The van der Waals surface area contributed by atoms with Crippen molar-refractivity contribution in [3.63, 3.8) is 0 Å². The van der Waals surface area contributed by atoms with E-state index in [1.54, 1.807) is 0 Å². The minimum atomic E-state index is -0.560. The van der Waals surface area contributed by atoms with Gasteiger partial charge in [-0.05, 0) is 32.4 Å². The molecule has 0 radical (unpaired) electrons. The number of hydrogen-bond donors (Lipinski definition) is 1. The van der Waals surface area contributed by atoms with Gasteiger partial charge in [-0.15, -0.1) is 0 Å². The summed E-state index contributed by atoms with van der Waals surface area (Å²) < 4.78 is 1.88. The number of amides is 1. The van der Waals surface area contributed by atoms with Crippen molar-refractivity contribution in [3.8, 4) is 0 Å². The Balaban J connectivity index is 1.91. The number of halogens is 1. The van der Waals surface area contributed by atoms with Crippen molar-refractivity contribution in [2.75, 3.05) is 6.54 Å². The van der Waals surface area contributed by atoms with Crippen molar-refractivity contribution in [1.29, 1.82) is 0 Å². The van der Waals surface area contributed by atoms with Crippen LogP contribution in [-0.2, 0) is 6.54 Å². The summed E-state index contributed by atoms with van der Waals surface area (Å²) in [4.78, 5) is 22.3. The number of aryl methyl sites for hydroxylation is 3. The maximum Gasteiger partial charge on any atom is 0.270 e. The van der Waals surface area contributed by atoms with Crippen LogP contribution in [0.2, 0.25) is 5.02 Å². The molecule has 0 aliphatic rings. The van der Waals surface area contributed by atoms with E-state index in [9.17, 15) is 14.9 Å². The number of carbonyl (C=O) groups is 1. The first-order valence-corrected chi connectivity index (χ1v) is 7.49. The quantitative estimate of drug-likeness (QED) is 0.499. The fourth-order valence-corrected chi connectivity index (χ4v) is 2.43. The molecule has 1 heterocycles. The maximum atomic E-state index is 12.1. The molecule has 23 heavy (non-hydrogen) atoms. The van der Waals surface area contributed by atoms with Gasteiger partial charge < -0.3 is 5.32 Å². The summed E-state index contributed by atoms with van der Waals surface area (Å²) in [7, 11) is 0. The first-order valence-electron chi connectivity index (χ1n) is 7.11. The molecule has 2 aromatic rings. The second kappa shape index (κ2) is 7.23. The van der Waals surface area contributed by atoms with Crippen LogP contribution in [0, 0.1) is 24.0 Å². The summed E-state index contributed by atoms with van der Waals surface area (Å²) in [6.07, 6.45) is 0.695. The lowest BCUT2D eigenvalue weighted by Crippen LogP contribution is -2.25. The first-order chi connectivity index (χ1) is 10.9. The van der Waals surface area contributed by atoms with Gasteiger partial charge in [0.2, 0.25) is 0 Å². The number of hydrogen-bond acceptors (Lipinski definition) is 4. The molecule has 0 saturated heterocycles. The topological polar surface area (TPSA) is 90.1 Å². The molecule has 0 aliphatic carbocycles. The van der Waals surface area contributed by atoms with E-state index in [-0.39, 0.29) is 16.3 Å². The molecule has 2 rings (SSSR count). The lowest BCUT2D eigenvalue weighted by atomic mass is 10.2. The molecular weight excluding hydrogens is 320 g/mol. The van der Waals surface area contributed by atoms with Crippen LogP contribution in [0.15, 0.2) is 24.3 Å². The third-order valence-electron chi connectivity index (χ3n) is 3.34. The minimum Gasteiger partial charge on any atom is -0.352 e. The number of nitrogens with one attached hydrogen (secondary N) is 1. The molecule has 7 nitrogen and oxygen atoms in total. The Morgan fingerprint density at radius 1 is 1.39 bits per heavy atom. The number of nitro benzene ring substituents is 1. The zero-order valence-corrected chi connectivity index (χ0v) is 13.6. The molecule has 0 saturated carbocycles. The minimum absolute atomic E-state index is 0.104. The number of benzene rings is 1. The zero-order valence-electron chi connectivity index (χ0n) is 12.9. The van der Waals surface area contributed by atoms with Gasteiger partial charge in [0.25, 0.3) is 11.6 Å². The molecule has 0 spiro atoms. The molecule has 0 atom stereocenters. The highest BCUT2D eigenvalue weighted by atomic mass is 35.5. The van der Waals surface area contributed by atoms with E-state index in [0.717, 1.165) is 11.4 Å². The second-order valence-corrected chi connectivity index (χ2v) is 5.59. The van der Waals surface area contributed by atoms with Crippen LogP contribution in [-0.4, -0.2) is 27.2 Å². The van der Waals surface area contributed by atoms with Crippen molar-refractivity contribution < 1.29 is 9.72 Å². The van der Waals surface area contributed by atoms with E-state index in [1.807, 2.05) is 24.6 Å². The van der Waals surface area contributed by atoms with Gasteiger partial charge in [0.1, 0.15) is 0 Å². The Morgan fingerprint density at radius 2 is 2.13 bits per heavy atom. The molecule has 8 heteroatoms. The average Bonchev–Trinajstić information content (AvgIpc) is 2.81. The van der Waals surface area contributed by atoms with Crippen molar-refractivity contribution >= 4 is 23.2 Å². The fourth-order valence-electron chi connectivity index (χ4n) is 2.23. The second-order valence-electron chi connectivity index (χ2n) is 5.18. The van der Waals surface area contributed by atoms with Crippen LogP contribution < -0.4 is 5.32 Å². The number of nitro groups is 1. The Morgan fingerprint density at radius 3 is 2.74 bits per heavy atom. The Bertz CT molecular complexity index is 742. The summed E-state index contributed by atoms with van der Waals surface area (Å²) >= 11 is 5.93. The highest BCUT2D eigenvalue weighted by Gasteiger charge is 2.15. The molecule has 0 bridgehead atoms. The van der Waals surface area contributed by atoms with E-state index in [1.165, 1.54) is 18.2 Å². The van der Waals surface area contributed by atoms with Gasteiger partial charge in [0.05, 0.1) is 21.2 Å².